The van der Waals surface area contributed by atoms with Crippen LogP contribution < -0.4 is 9.80 Å². The first-order valence-electron chi connectivity index (χ1n) is 11.4. The predicted molar refractivity (Wildman–Crippen MR) is 112 cm³/mol. The quantitative estimate of drug-likeness (QED) is 0.775. The fraction of sp³-hybridized carbons (Fsp3) is 0.773. The molecule has 0 atom stereocenters. The number of hydrogen-bond donors (Lipinski definition) is 0. The standard InChI is InChI=1S/C22H33N5O2/c1-25(17-5-3-2-4-6-17)22-23-19-9-10-27(21(28)16-7-8-16)15-18(19)20(24-22)26-11-13-29-14-12-26/h16-17H,2-15H2,1H3. The van der Waals surface area contributed by atoms with Crippen molar-refractivity contribution in [1.29, 1.82) is 0 Å². The number of fused-ring (bicyclic) bond motifs is 1. The van der Waals surface area contributed by atoms with E-state index in [9.17, 15) is 4.79 Å². The Morgan fingerprint density at radius 1 is 1.03 bits per heavy atom. The summed E-state index contributed by atoms with van der Waals surface area (Å²) in [6.45, 7) is 4.62. The van der Waals surface area contributed by atoms with Gasteiger partial charge < -0.3 is 19.4 Å². The first-order valence-corrected chi connectivity index (χ1v) is 11.4. The van der Waals surface area contributed by atoms with Gasteiger partial charge in [0.1, 0.15) is 5.82 Å². The van der Waals surface area contributed by atoms with Gasteiger partial charge in [-0.1, -0.05) is 19.3 Å². The minimum atomic E-state index is 0.265. The highest BCUT2D eigenvalue weighted by Crippen LogP contribution is 2.35. The van der Waals surface area contributed by atoms with Crippen LogP contribution in [0.15, 0.2) is 0 Å². The van der Waals surface area contributed by atoms with E-state index in [1.165, 1.54) is 32.1 Å². The minimum absolute atomic E-state index is 0.265. The van der Waals surface area contributed by atoms with E-state index in [0.29, 0.717) is 18.5 Å². The van der Waals surface area contributed by atoms with E-state index < -0.39 is 0 Å². The molecular formula is C22H33N5O2. The van der Waals surface area contributed by atoms with Crippen LogP contribution in [0.4, 0.5) is 11.8 Å². The second-order valence-electron chi connectivity index (χ2n) is 9.06. The zero-order chi connectivity index (χ0) is 19.8. The van der Waals surface area contributed by atoms with Crippen LogP contribution >= 0.6 is 0 Å². The summed E-state index contributed by atoms with van der Waals surface area (Å²) in [6.07, 6.45) is 9.35. The van der Waals surface area contributed by atoms with E-state index >= 15 is 0 Å². The Morgan fingerprint density at radius 3 is 2.52 bits per heavy atom. The summed E-state index contributed by atoms with van der Waals surface area (Å²) < 4.78 is 5.58. The maximum absolute atomic E-state index is 12.7. The number of carbonyl (C=O) groups excluding carboxylic acids is 1. The van der Waals surface area contributed by atoms with Crippen LogP contribution in [0.2, 0.25) is 0 Å². The Labute approximate surface area is 173 Å². The van der Waals surface area contributed by atoms with Crippen molar-refractivity contribution >= 4 is 17.7 Å². The summed E-state index contributed by atoms with van der Waals surface area (Å²) in [5, 5.41) is 0. The van der Waals surface area contributed by atoms with Gasteiger partial charge in [-0.3, -0.25) is 4.79 Å². The SMILES string of the molecule is CN(c1nc2c(c(N3CCOCC3)n1)CN(C(=O)C1CC1)CC2)C1CCCCC1. The third-order valence-corrected chi connectivity index (χ3v) is 7.01. The van der Waals surface area contributed by atoms with Crippen molar-refractivity contribution in [2.24, 2.45) is 5.92 Å². The lowest BCUT2D eigenvalue weighted by atomic mass is 9.95. The summed E-state index contributed by atoms with van der Waals surface area (Å²) in [6, 6.07) is 0.538. The van der Waals surface area contributed by atoms with Crippen LogP contribution in [-0.4, -0.2) is 66.7 Å². The Kier molecular flexibility index (Phi) is 5.33. The fourth-order valence-electron chi connectivity index (χ4n) is 4.99. The van der Waals surface area contributed by atoms with E-state index in [1.807, 2.05) is 4.90 Å². The van der Waals surface area contributed by atoms with Crippen molar-refractivity contribution < 1.29 is 9.53 Å². The Bertz CT molecular complexity index is 754. The van der Waals surface area contributed by atoms with Crippen molar-refractivity contribution in [3.8, 4) is 0 Å². The number of anilines is 2. The maximum atomic E-state index is 12.7. The Balaban J connectivity index is 1.46. The second-order valence-corrected chi connectivity index (χ2v) is 9.06. The van der Waals surface area contributed by atoms with Crippen molar-refractivity contribution in [3.05, 3.63) is 11.3 Å². The fourth-order valence-corrected chi connectivity index (χ4v) is 4.99. The van der Waals surface area contributed by atoms with Crippen LogP contribution in [0.5, 0.6) is 0 Å². The second kappa shape index (κ2) is 8.09. The van der Waals surface area contributed by atoms with Crippen molar-refractivity contribution in [3.63, 3.8) is 0 Å². The lowest BCUT2D eigenvalue weighted by Crippen LogP contribution is -2.42. The van der Waals surface area contributed by atoms with Crippen molar-refractivity contribution in [1.82, 2.24) is 14.9 Å². The van der Waals surface area contributed by atoms with Gasteiger partial charge in [0.2, 0.25) is 11.9 Å². The number of hydrogen-bond acceptors (Lipinski definition) is 6. The lowest BCUT2D eigenvalue weighted by Gasteiger charge is -2.37. The highest BCUT2D eigenvalue weighted by atomic mass is 16.5. The van der Waals surface area contributed by atoms with Gasteiger partial charge in [-0.25, -0.2) is 4.98 Å². The highest BCUT2D eigenvalue weighted by Gasteiger charge is 2.36. The molecular weight excluding hydrogens is 366 g/mol. The monoisotopic (exact) mass is 399 g/mol. The largest absolute Gasteiger partial charge is 0.378 e. The predicted octanol–water partition coefficient (Wildman–Crippen LogP) is 2.38. The smallest absolute Gasteiger partial charge is 0.227 e. The molecule has 3 fully saturated rings. The zero-order valence-corrected chi connectivity index (χ0v) is 17.6. The summed E-state index contributed by atoms with van der Waals surface area (Å²) in [5.74, 6) is 2.48. The molecule has 2 aliphatic heterocycles. The summed E-state index contributed by atoms with van der Waals surface area (Å²) in [7, 11) is 2.16. The van der Waals surface area contributed by atoms with Gasteiger partial charge in [0.15, 0.2) is 0 Å². The first kappa shape index (κ1) is 19.1. The molecule has 1 aromatic rings. The summed E-state index contributed by atoms with van der Waals surface area (Å²) in [5.41, 5.74) is 2.30. The molecule has 4 aliphatic rings. The molecule has 0 aromatic carbocycles. The van der Waals surface area contributed by atoms with Gasteiger partial charge >= 0.3 is 0 Å². The van der Waals surface area contributed by atoms with Gasteiger partial charge in [0, 0.05) is 50.6 Å². The average molecular weight is 400 g/mol. The molecule has 1 aromatic heterocycles. The number of carbonyl (C=O) groups is 1. The molecule has 2 saturated carbocycles. The summed E-state index contributed by atoms with van der Waals surface area (Å²) >= 11 is 0. The van der Waals surface area contributed by atoms with Crippen LogP contribution in [0, 0.1) is 5.92 Å². The van der Waals surface area contributed by atoms with Crippen LogP contribution in [-0.2, 0) is 22.5 Å². The molecule has 0 radical (unpaired) electrons. The van der Waals surface area contributed by atoms with E-state index in [0.717, 1.165) is 75.1 Å². The first-order chi connectivity index (χ1) is 14.2. The number of morpholine rings is 1. The van der Waals surface area contributed by atoms with Crippen LogP contribution in [0.3, 0.4) is 0 Å². The molecule has 1 saturated heterocycles. The molecule has 0 unspecified atom stereocenters. The molecule has 2 aliphatic carbocycles. The third kappa shape index (κ3) is 3.93. The molecule has 0 bridgehead atoms. The van der Waals surface area contributed by atoms with Crippen LogP contribution in [0.25, 0.3) is 0 Å². The molecule has 29 heavy (non-hydrogen) atoms. The van der Waals surface area contributed by atoms with Gasteiger partial charge in [0.05, 0.1) is 25.5 Å². The van der Waals surface area contributed by atoms with Gasteiger partial charge in [-0.2, -0.15) is 4.98 Å². The molecule has 7 heteroatoms. The van der Waals surface area contributed by atoms with Crippen molar-refractivity contribution in [2.75, 3.05) is 49.7 Å². The number of nitrogens with zero attached hydrogens (tertiary/aromatic N) is 5. The molecule has 3 heterocycles. The highest BCUT2D eigenvalue weighted by molar-refractivity contribution is 5.81. The van der Waals surface area contributed by atoms with Crippen molar-refractivity contribution in [2.45, 2.75) is 64.0 Å². The number of ether oxygens (including phenoxy) is 1. The zero-order valence-electron chi connectivity index (χ0n) is 17.6. The van der Waals surface area contributed by atoms with Crippen LogP contribution in [0.1, 0.15) is 56.2 Å². The molecule has 5 rings (SSSR count). The molecule has 7 nitrogen and oxygen atoms in total. The van der Waals surface area contributed by atoms with E-state index in [4.69, 9.17) is 14.7 Å². The van der Waals surface area contributed by atoms with E-state index in [2.05, 4.69) is 16.8 Å². The van der Waals surface area contributed by atoms with E-state index in [1.54, 1.807) is 0 Å². The number of aromatic nitrogens is 2. The lowest BCUT2D eigenvalue weighted by molar-refractivity contribution is -0.133. The van der Waals surface area contributed by atoms with Gasteiger partial charge in [-0.05, 0) is 25.7 Å². The normalized spacial score (nSPS) is 23.1. The number of rotatable bonds is 4. The Hall–Kier alpha value is -1.89. The number of amides is 1. The third-order valence-electron chi connectivity index (χ3n) is 7.01. The van der Waals surface area contributed by atoms with Gasteiger partial charge in [-0.15, -0.1) is 0 Å². The topological polar surface area (TPSA) is 61.8 Å². The maximum Gasteiger partial charge on any atom is 0.227 e. The molecule has 1 amide bonds. The molecule has 158 valence electrons. The minimum Gasteiger partial charge on any atom is -0.378 e. The van der Waals surface area contributed by atoms with Gasteiger partial charge in [0.25, 0.3) is 0 Å². The molecule has 0 spiro atoms. The van der Waals surface area contributed by atoms with E-state index in [-0.39, 0.29) is 5.92 Å². The average Bonchev–Trinajstić information content (AvgIpc) is 3.63. The molecule has 0 N–H and O–H groups in total. The Morgan fingerprint density at radius 2 is 1.79 bits per heavy atom. The summed E-state index contributed by atoms with van der Waals surface area (Å²) in [4.78, 5) is 29.5.